The van der Waals surface area contributed by atoms with E-state index in [9.17, 15) is 15.0 Å². The van der Waals surface area contributed by atoms with Crippen molar-refractivity contribution in [2.45, 2.75) is 51.1 Å². The van der Waals surface area contributed by atoms with Crippen molar-refractivity contribution in [1.82, 2.24) is 0 Å². The van der Waals surface area contributed by atoms with E-state index < -0.39 is 29.4 Å². The number of aliphatic hydroxyl groups excluding tert-OH is 1. The number of aliphatic hydroxyl groups is 2. The molecule has 0 amide bonds. The summed E-state index contributed by atoms with van der Waals surface area (Å²) in [5.41, 5.74) is -2.11. The number of methoxy groups -OCH3 is 1. The third-order valence-electron chi connectivity index (χ3n) is 3.36. The second-order valence-corrected chi connectivity index (χ2v) is 4.89. The Kier molecular flexibility index (Phi) is 3.66. The molecule has 0 unspecified atom stereocenters. The molecule has 98 valence electrons. The maximum absolute atomic E-state index is 11.3. The molecule has 0 spiro atoms. The average Bonchev–Trinajstić information content (AvgIpc) is 2.39. The molecule has 0 aromatic heterocycles. The van der Waals surface area contributed by atoms with E-state index in [1.807, 2.05) is 0 Å². The Balaban J connectivity index is 3.03. The summed E-state index contributed by atoms with van der Waals surface area (Å²) in [4.78, 5) is 11.3. The molecule has 1 aliphatic rings. The molecule has 0 aromatic rings. The van der Waals surface area contributed by atoms with Crippen LogP contribution in [0.3, 0.4) is 0 Å². The molecule has 5 nitrogen and oxygen atoms in total. The number of carbonyl (C=O) groups is 1. The molecule has 2 N–H and O–H groups in total. The van der Waals surface area contributed by atoms with Crippen LogP contribution in [-0.4, -0.2) is 46.7 Å². The molecule has 0 aliphatic carbocycles. The first-order valence-electron chi connectivity index (χ1n) is 5.51. The van der Waals surface area contributed by atoms with Crippen LogP contribution in [0.2, 0.25) is 0 Å². The Morgan fingerprint density at radius 2 is 2.00 bits per heavy atom. The minimum Gasteiger partial charge on any atom is -0.466 e. The summed E-state index contributed by atoms with van der Waals surface area (Å²) in [5, 5.41) is 20.1. The Hall–Kier alpha value is -0.910. The van der Waals surface area contributed by atoms with Gasteiger partial charge in [-0.1, -0.05) is 0 Å². The van der Waals surface area contributed by atoms with Crippen molar-refractivity contribution in [2.24, 2.45) is 0 Å². The summed E-state index contributed by atoms with van der Waals surface area (Å²) in [6.07, 6.45) is -0.143. The average molecular weight is 244 g/mol. The molecule has 1 aliphatic heterocycles. The third kappa shape index (κ3) is 2.36. The van der Waals surface area contributed by atoms with Crippen LogP contribution in [0.1, 0.15) is 27.7 Å². The molecule has 0 saturated carbocycles. The number of ether oxygens (including phenoxy) is 2. The Bertz CT molecular complexity index is 347. The Morgan fingerprint density at radius 3 is 2.35 bits per heavy atom. The minimum atomic E-state index is -1.35. The maximum atomic E-state index is 11.3. The van der Waals surface area contributed by atoms with Crippen LogP contribution in [0.4, 0.5) is 0 Å². The lowest BCUT2D eigenvalue weighted by atomic mass is 9.86. The monoisotopic (exact) mass is 244 g/mol. The van der Waals surface area contributed by atoms with Crippen molar-refractivity contribution < 1.29 is 24.5 Å². The number of hydrogen-bond acceptors (Lipinski definition) is 5. The van der Waals surface area contributed by atoms with E-state index in [-0.39, 0.29) is 0 Å². The van der Waals surface area contributed by atoms with Crippen molar-refractivity contribution in [3.8, 4) is 0 Å². The molecule has 1 heterocycles. The van der Waals surface area contributed by atoms with Crippen LogP contribution in [0.25, 0.3) is 0 Å². The predicted octanol–water partition coefficient (Wildman–Crippen LogP) is 0.395. The van der Waals surface area contributed by atoms with Gasteiger partial charge in [-0.05, 0) is 33.8 Å². The lowest BCUT2D eigenvalue weighted by molar-refractivity contribution is -0.136. The molecule has 0 aromatic carbocycles. The van der Waals surface area contributed by atoms with Crippen molar-refractivity contribution >= 4 is 5.97 Å². The van der Waals surface area contributed by atoms with Gasteiger partial charge >= 0.3 is 5.97 Å². The maximum Gasteiger partial charge on any atom is 0.333 e. The summed E-state index contributed by atoms with van der Waals surface area (Å²) >= 11 is 0. The lowest BCUT2D eigenvalue weighted by Gasteiger charge is -2.28. The van der Waals surface area contributed by atoms with Gasteiger partial charge < -0.3 is 19.7 Å². The quantitative estimate of drug-likeness (QED) is 0.543. The van der Waals surface area contributed by atoms with E-state index >= 15 is 0 Å². The van der Waals surface area contributed by atoms with Crippen molar-refractivity contribution in [3.63, 3.8) is 0 Å². The van der Waals surface area contributed by atoms with Gasteiger partial charge in [0, 0.05) is 5.57 Å². The molecule has 1 saturated heterocycles. The minimum absolute atomic E-state index is 0.332. The Labute approximate surface area is 101 Å². The van der Waals surface area contributed by atoms with Crippen LogP contribution in [0.15, 0.2) is 11.6 Å². The third-order valence-corrected chi connectivity index (χ3v) is 3.36. The number of rotatable bonds is 2. The van der Waals surface area contributed by atoms with Gasteiger partial charge in [0.25, 0.3) is 0 Å². The van der Waals surface area contributed by atoms with Gasteiger partial charge in [-0.25, -0.2) is 4.79 Å². The highest BCUT2D eigenvalue weighted by atomic mass is 16.6. The van der Waals surface area contributed by atoms with Crippen molar-refractivity contribution in [2.75, 3.05) is 7.11 Å². The molecular formula is C12H20O5. The topological polar surface area (TPSA) is 76.0 Å². The number of carbonyl (C=O) groups excluding carboxylic acids is 1. The van der Waals surface area contributed by atoms with Gasteiger partial charge in [-0.2, -0.15) is 0 Å². The van der Waals surface area contributed by atoms with E-state index in [2.05, 4.69) is 4.74 Å². The van der Waals surface area contributed by atoms with Gasteiger partial charge in [0.1, 0.15) is 17.3 Å². The van der Waals surface area contributed by atoms with E-state index in [0.29, 0.717) is 5.57 Å². The molecule has 0 bridgehead atoms. The second kappa shape index (κ2) is 4.40. The van der Waals surface area contributed by atoms with Crippen LogP contribution >= 0.6 is 0 Å². The van der Waals surface area contributed by atoms with Crippen molar-refractivity contribution in [1.29, 1.82) is 0 Å². The fraction of sp³-hybridized carbons (Fsp3) is 0.750. The highest BCUT2D eigenvalue weighted by Gasteiger charge is 2.55. The largest absolute Gasteiger partial charge is 0.466 e. The molecule has 5 heteroatoms. The Morgan fingerprint density at radius 1 is 1.47 bits per heavy atom. The zero-order valence-corrected chi connectivity index (χ0v) is 10.9. The van der Waals surface area contributed by atoms with Crippen LogP contribution in [0, 0.1) is 0 Å². The first kappa shape index (κ1) is 14.2. The number of esters is 1. The van der Waals surface area contributed by atoms with Gasteiger partial charge in [0.05, 0.1) is 13.2 Å². The molecular weight excluding hydrogens is 224 g/mol. The molecule has 1 fully saturated rings. The van der Waals surface area contributed by atoms with E-state index in [1.165, 1.54) is 20.1 Å². The van der Waals surface area contributed by atoms with Crippen molar-refractivity contribution in [3.05, 3.63) is 11.6 Å². The van der Waals surface area contributed by atoms with Crippen LogP contribution in [0.5, 0.6) is 0 Å². The van der Waals surface area contributed by atoms with Gasteiger partial charge in [0.15, 0.2) is 0 Å². The molecule has 0 radical (unpaired) electrons. The number of hydrogen-bond donors (Lipinski definition) is 2. The highest BCUT2D eigenvalue weighted by Crippen LogP contribution is 2.39. The first-order chi connectivity index (χ1) is 7.65. The zero-order chi connectivity index (χ0) is 13.4. The summed E-state index contributed by atoms with van der Waals surface area (Å²) in [6, 6.07) is 0. The molecule has 1 rings (SSSR count). The van der Waals surface area contributed by atoms with E-state index in [0.717, 1.165) is 0 Å². The smallest absolute Gasteiger partial charge is 0.333 e. The summed E-state index contributed by atoms with van der Waals surface area (Å²) in [6.45, 7) is 6.39. The lowest BCUT2D eigenvalue weighted by Crippen LogP contribution is -2.47. The van der Waals surface area contributed by atoms with Crippen LogP contribution < -0.4 is 0 Å². The van der Waals surface area contributed by atoms with E-state index in [4.69, 9.17) is 4.74 Å². The van der Waals surface area contributed by atoms with Gasteiger partial charge in [-0.15, -0.1) is 0 Å². The first-order valence-corrected chi connectivity index (χ1v) is 5.51. The predicted molar refractivity (Wildman–Crippen MR) is 61.4 cm³/mol. The fourth-order valence-electron chi connectivity index (χ4n) is 2.13. The zero-order valence-electron chi connectivity index (χ0n) is 10.9. The standard InChI is InChI=1S/C12H20O5/c1-7(9(13)16-5)6-11(3)10(14)12(4,15)8(2)17-11/h6,8,10,14-15H,1-5H3/b7-6+/t8-,10+,11+,12+/m1/s1. The second-order valence-electron chi connectivity index (χ2n) is 4.89. The van der Waals surface area contributed by atoms with Gasteiger partial charge in [0.2, 0.25) is 0 Å². The molecule has 4 atom stereocenters. The molecule has 17 heavy (non-hydrogen) atoms. The summed E-state index contributed by atoms with van der Waals surface area (Å²) < 4.78 is 10.1. The highest BCUT2D eigenvalue weighted by molar-refractivity contribution is 5.87. The fourth-order valence-corrected chi connectivity index (χ4v) is 2.13. The summed E-state index contributed by atoms with van der Waals surface area (Å²) in [7, 11) is 1.28. The normalized spacial score (nSPS) is 42.6. The van der Waals surface area contributed by atoms with E-state index in [1.54, 1.807) is 20.8 Å². The summed E-state index contributed by atoms with van der Waals surface area (Å²) in [5.74, 6) is -0.485. The van der Waals surface area contributed by atoms with Crippen LogP contribution in [-0.2, 0) is 14.3 Å². The SMILES string of the molecule is COC(=O)/C(C)=C/[C@]1(C)O[C@H](C)[C@](C)(O)[C@H]1O. The van der Waals surface area contributed by atoms with Gasteiger partial charge in [-0.3, -0.25) is 0 Å².